The zero-order chi connectivity index (χ0) is 13.5. The lowest BCUT2D eigenvalue weighted by atomic mass is 10.2. The van der Waals surface area contributed by atoms with Crippen molar-refractivity contribution in [2.45, 2.75) is 6.54 Å². The van der Waals surface area contributed by atoms with Gasteiger partial charge >= 0.3 is 0 Å². The molecule has 0 amide bonds. The van der Waals surface area contributed by atoms with Crippen molar-refractivity contribution in [2.24, 2.45) is 0 Å². The molecule has 2 aromatic rings. The van der Waals surface area contributed by atoms with Crippen LogP contribution in [0.25, 0.3) is 0 Å². The van der Waals surface area contributed by atoms with Crippen LogP contribution in [-0.4, -0.2) is 13.4 Å². The van der Waals surface area contributed by atoms with E-state index in [4.69, 9.17) is 14.9 Å². The first-order valence-electron chi connectivity index (χ1n) is 5.99. The third-order valence-electron chi connectivity index (χ3n) is 2.53. The number of nitrogens with one attached hydrogen (secondary N) is 2. The predicted molar refractivity (Wildman–Crippen MR) is 75.1 cm³/mol. The summed E-state index contributed by atoms with van der Waals surface area (Å²) in [7, 11) is 1.91. The molecule has 0 fully saturated rings. The Hall–Kier alpha value is -2.33. The van der Waals surface area contributed by atoms with Crippen molar-refractivity contribution in [1.82, 2.24) is 5.32 Å². The van der Waals surface area contributed by atoms with Crippen LogP contribution in [0.15, 0.2) is 48.5 Å². The molecule has 2 rings (SSSR count). The van der Waals surface area contributed by atoms with Crippen LogP contribution in [-0.2, 0) is 6.54 Å². The Morgan fingerprint density at radius 2 is 1.79 bits per heavy atom. The van der Waals surface area contributed by atoms with Gasteiger partial charge in [0.1, 0.15) is 17.2 Å². The normalized spacial score (nSPS) is 9.95. The summed E-state index contributed by atoms with van der Waals surface area (Å²) < 4.78 is 10.7. The first-order chi connectivity index (χ1) is 9.31. The smallest absolute Gasteiger partial charge is 0.173 e. The summed E-state index contributed by atoms with van der Waals surface area (Å²) in [5, 5.41) is 9.96. The number of rotatable bonds is 6. The summed E-state index contributed by atoms with van der Waals surface area (Å²) >= 11 is 0. The third kappa shape index (κ3) is 3.82. The summed E-state index contributed by atoms with van der Waals surface area (Å²) in [6, 6.07) is 15.1. The molecular formula is C15H16N2O2. The van der Waals surface area contributed by atoms with Gasteiger partial charge < -0.3 is 14.8 Å². The minimum Gasteiger partial charge on any atom is -0.457 e. The van der Waals surface area contributed by atoms with Crippen LogP contribution in [0.2, 0.25) is 0 Å². The van der Waals surface area contributed by atoms with Gasteiger partial charge in [-0.05, 0) is 49.0 Å². The second-order valence-corrected chi connectivity index (χ2v) is 3.99. The first kappa shape index (κ1) is 13.1. The van der Waals surface area contributed by atoms with E-state index in [1.807, 2.05) is 43.4 Å². The van der Waals surface area contributed by atoms with Crippen LogP contribution in [0.5, 0.6) is 17.2 Å². The summed E-state index contributed by atoms with van der Waals surface area (Å²) in [6.45, 7) is 0.809. The molecule has 0 atom stereocenters. The highest BCUT2D eigenvalue weighted by atomic mass is 16.5. The second-order valence-electron chi connectivity index (χ2n) is 3.99. The number of hydrogen-bond acceptors (Lipinski definition) is 4. The van der Waals surface area contributed by atoms with Crippen LogP contribution >= 0.6 is 0 Å². The van der Waals surface area contributed by atoms with Crippen molar-refractivity contribution in [3.63, 3.8) is 0 Å². The molecule has 2 aromatic carbocycles. The van der Waals surface area contributed by atoms with Gasteiger partial charge in [-0.3, -0.25) is 5.41 Å². The summed E-state index contributed by atoms with van der Waals surface area (Å²) in [4.78, 5) is 0. The van der Waals surface area contributed by atoms with Crippen molar-refractivity contribution >= 4 is 6.40 Å². The van der Waals surface area contributed by atoms with Gasteiger partial charge in [-0.2, -0.15) is 0 Å². The average molecular weight is 256 g/mol. The van der Waals surface area contributed by atoms with Gasteiger partial charge in [0.25, 0.3) is 0 Å². The van der Waals surface area contributed by atoms with Crippen LogP contribution < -0.4 is 14.8 Å². The molecule has 0 heterocycles. The van der Waals surface area contributed by atoms with E-state index in [0.29, 0.717) is 5.75 Å². The van der Waals surface area contributed by atoms with E-state index < -0.39 is 0 Å². The van der Waals surface area contributed by atoms with Crippen LogP contribution in [0.3, 0.4) is 0 Å². The molecular weight excluding hydrogens is 240 g/mol. The molecule has 0 saturated carbocycles. The zero-order valence-electron chi connectivity index (χ0n) is 10.7. The minimum atomic E-state index is 0.617. The molecule has 0 aliphatic carbocycles. The monoisotopic (exact) mass is 256 g/mol. The van der Waals surface area contributed by atoms with E-state index in [1.165, 1.54) is 5.56 Å². The van der Waals surface area contributed by atoms with Gasteiger partial charge in [0.2, 0.25) is 0 Å². The van der Waals surface area contributed by atoms with Crippen LogP contribution in [0.4, 0.5) is 0 Å². The molecule has 0 aliphatic heterocycles. The molecule has 0 aromatic heterocycles. The average Bonchev–Trinajstić information content (AvgIpc) is 2.42. The van der Waals surface area contributed by atoms with Crippen molar-refractivity contribution in [3.8, 4) is 17.2 Å². The Bertz CT molecular complexity index is 538. The summed E-state index contributed by atoms with van der Waals surface area (Å²) in [6.07, 6.45) is 0.900. The maximum absolute atomic E-state index is 6.85. The lowest BCUT2D eigenvalue weighted by Gasteiger charge is -2.08. The third-order valence-corrected chi connectivity index (χ3v) is 2.53. The summed E-state index contributed by atoms with van der Waals surface area (Å²) in [5.41, 5.74) is 1.17. The fourth-order valence-corrected chi connectivity index (χ4v) is 1.71. The minimum absolute atomic E-state index is 0.617. The van der Waals surface area contributed by atoms with Gasteiger partial charge in [0.05, 0.1) is 0 Å². The lowest BCUT2D eigenvalue weighted by molar-refractivity contribution is 0.479. The standard InChI is InChI=1S/C15H16N2O2/c1-17-10-12-3-2-4-15(9-12)19-14-7-5-13(6-8-14)18-11-16/h2-9,11,16-17H,10H2,1H3. The van der Waals surface area contributed by atoms with Gasteiger partial charge in [-0.15, -0.1) is 0 Å². The topological polar surface area (TPSA) is 54.3 Å². The van der Waals surface area contributed by atoms with E-state index in [2.05, 4.69) is 5.32 Å². The Balaban J connectivity index is 2.07. The van der Waals surface area contributed by atoms with E-state index in [0.717, 1.165) is 24.4 Å². The quantitative estimate of drug-likeness (QED) is 0.616. The molecule has 98 valence electrons. The Morgan fingerprint density at radius 3 is 2.47 bits per heavy atom. The fourth-order valence-electron chi connectivity index (χ4n) is 1.71. The number of benzene rings is 2. The number of hydrogen-bond donors (Lipinski definition) is 2. The highest BCUT2D eigenvalue weighted by Gasteiger charge is 1.99. The molecule has 0 radical (unpaired) electrons. The molecule has 4 nitrogen and oxygen atoms in total. The molecule has 0 unspecified atom stereocenters. The molecule has 0 saturated heterocycles. The van der Waals surface area contributed by atoms with Crippen molar-refractivity contribution in [2.75, 3.05) is 7.05 Å². The molecule has 19 heavy (non-hydrogen) atoms. The highest BCUT2D eigenvalue weighted by molar-refractivity contribution is 5.48. The Kier molecular flexibility index (Phi) is 4.53. The zero-order valence-corrected chi connectivity index (χ0v) is 10.7. The van der Waals surface area contributed by atoms with Gasteiger partial charge in [-0.1, -0.05) is 12.1 Å². The lowest BCUT2D eigenvalue weighted by Crippen LogP contribution is -2.04. The molecule has 4 heteroatoms. The predicted octanol–water partition coefficient (Wildman–Crippen LogP) is 3.18. The van der Waals surface area contributed by atoms with E-state index >= 15 is 0 Å². The van der Waals surface area contributed by atoms with E-state index in [1.54, 1.807) is 12.1 Å². The largest absolute Gasteiger partial charge is 0.457 e. The Morgan fingerprint density at radius 1 is 1.05 bits per heavy atom. The van der Waals surface area contributed by atoms with Gasteiger partial charge in [-0.25, -0.2) is 0 Å². The second kappa shape index (κ2) is 6.56. The highest BCUT2D eigenvalue weighted by Crippen LogP contribution is 2.24. The van der Waals surface area contributed by atoms with E-state index in [9.17, 15) is 0 Å². The van der Waals surface area contributed by atoms with Gasteiger partial charge in [0, 0.05) is 6.54 Å². The van der Waals surface area contributed by atoms with Gasteiger partial charge in [0.15, 0.2) is 6.40 Å². The molecule has 0 aliphatic rings. The maximum atomic E-state index is 6.85. The Labute approximate surface area is 112 Å². The SMILES string of the molecule is CNCc1cccc(Oc2ccc(OC=N)cc2)c1. The van der Waals surface area contributed by atoms with Crippen molar-refractivity contribution in [3.05, 3.63) is 54.1 Å². The van der Waals surface area contributed by atoms with Crippen molar-refractivity contribution < 1.29 is 9.47 Å². The number of ether oxygens (including phenoxy) is 2. The van der Waals surface area contributed by atoms with Crippen molar-refractivity contribution in [1.29, 1.82) is 5.41 Å². The van der Waals surface area contributed by atoms with Crippen LogP contribution in [0, 0.1) is 5.41 Å². The summed E-state index contributed by atoms with van der Waals surface area (Å²) in [5.74, 6) is 2.15. The fraction of sp³-hybridized carbons (Fsp3) is 0.133. The molecule has 0 bridgehead atoms. The first-order valence-corrected chi connectivity index (χ1v) is 5.99. The molecule has 0 spiro atoms. The van der Waals surface area contributed by atoms with Crippen LogP contribution in [0.1, 0.15) is 5.56 Å². The maximum Gasteiger partial charge on any atom is 0.173 e. The van der Waals surface area contributed by atoms with E-state index in [-0.39, 0.29) is 0 Å². The molecule has 2 N–H and O–H groups in total.